The molecule has 94 valence electrons. The zero-order chi connectivity index (χ0) is 13.1. The summed E-state index contributed by atoms with van der Waals surface area (Å²) >= 11 is 3.48. The van der Waals surface area contributed by atoms with Crippen LogP contribution in [-0.2, 0) is 4.79 Å². The van der Waals surface area contributed by atoms with E-state index in [1.165, 1.54) is 0 Å². The first-order valence-electron chi connectivity index (χ1n) is 5.91. The first kappa shape index (κ1) is 12.9. The second-order valence-corrected chi connectivity index (χ2v) is 5.04. The molecule has 0 bridgehead atoms. The predicted molar refractivity (Wildman–Crippen MR) is 73.3 cm³/mol. The molecule has 1 N–H and O–H groups in total. The summed E-state index contributed by atoms with van der Waals surface area (Å²) in [5.41, 5.74) is 1.58. The molecule has 1 unspecified atom stereocenters. The van der Waals surface area contributed by atoms with E-state index in [4.69, 9.17) is 5.26 Å². The van der Waals surface area contributed by atoms with E-state index in [9.17, 15) is 4.79 Å². The van der Waals surface area contributed by atoms with Crippen LogP contribution in [0, 0.1) is 11.3 Å². The maximum absolute atomic E-state index is 11.8. The lowest BCUT2D eigenvalue weighted by Crippen LogP contribution is -2.55. The van der Waals surface area contributed by atoms with Crippen molar-refractivity contribution in [1.82, 2.24) is 5.32 Å². The van der Waals surface area contributed by atoms with E-state index in [1.807, 2.05) is 13.0 Å². The summed E-state index contributed by atoms with van der Waals surface area (Å²) in [6.07, 6.45) is 0.762. The van der Waals surface area contributed by atoms with E-state index in [2.05, 4.69) is 32.2 Å². The van der Waals surface area contributed by atoms with Crippen molar-refractivity contribution in [3.8, 4) is 6.07 Å². The molecule has 18 heavy (non-hydrogen) atoms. The fraction of sp³-hybridized carbons (Fsp3) is 0.385. The molecule has 1 aliphatic heterocycles. The smallest absolute Gasteiger partial charge is 0.242 e. The quantitative estimate of drug-likeness (QED) is 0.909. The topological polar surface area (TPSA) is 56.1 Å². The van der Waals surface area contributed by atoms with Gasteiger partial charge in [0.15, 0.2) is 0 Å². The van der Waals surface area contributed by atoms with E-state index in [-0.39, 0.29) is 11.9 Å². The molecule has 1 atom stereocenters. The van der Waals surface area contributed by atoms with E-state index in [0.29, 0.717) is 12.1 Å². The normalized spacial score (nSPS) is 19.3. The van der Waals surface area contributed by atoms with Gasteiger partial charge in [-0.2, -0.15) is 5.26 Å². The number of hydrogen-bond acceptors (Lipinski definition) is 3. The van der Waals surface area contributed by atoms with Gasteiger partial charge in [-0.3, -0.25) is 4.79 Å². The monoisotopic (exact) mass is 307 g/mol. The molecule has 0 aliphatic carbocycles. The Morgan fingerprint density at radius 2 is 2.39 bits per heavy atom. The van der Waals surface area contributed by atoms with Crippen LogP contribution in [0.1, 0.15) is 18.9 Å². The lowest BCUT2D eigenvalue weighted by Gasteiger charge is -2.36. The van der Waals surface area contributed by atoms with Crippen LogP contribution < -0.4 is 10.2 Å². The molecular weight excluding hydrogens is 294 g/mol. The molecule has 1 fully saturated rings. The van der Waals surface area contributed by atoms with Gasteiger partial charge in [-0.15, -0.1) is 0 Å². The SMILES string of the molecule is CCC1C(=O)NCCN1c1ccc(C#N)cc1Br. The number of hydrogen-bond donors (Lipinski definition) is 1. The molecule has 2 rings (SSSR count). The number of piperazine rings is 1. The number of halogens is 1. The molecule has 0 saturated carbocycles. The Bertz CT molecular complexity index is 509. The van der Waals surface area contributed by atoms with Crippen molar-refractivity contribution < 1.29 is 4.79 Å². The highest BCUT2D eigenvalue weighted by molar-refractivity contribution is 9.10. The largest absolute Gasteiger partial charge is 0.357 e. The Morgan fingerprint density at radius 3 is 3.00 bits per heavy atom. The Hall–Kier alpha value is -1.54. The summed E-state index contributed by atoms with van der Waals surface area (Å²) in [5, 5.41) is 11.7. The van der Waals surface area contributed by atoms with Gasteiger partial charge in [0.05, 0.1) is 17.3 Å². The molecule has 1 saturated heterocycles. The lowest BCUT2D eigenvalue weighted by atomic mass is 10.1. The summed E-state index contributed by atoms with van der Waals surface area (Å²) in [6.45, 7) is 3.44. The van der Waals surface area contributed by atoms with Gasteiger partial charge in [0.2, 0.25) is 5.91 Å². The van der Waals surface area contributed by atoms with Gasteiger partial charge in [-0.05, 0) is 40.5 Å². The van der Waals surface area contributed by atoms with Crippen molar-refractivity contribution in [1.29, 1.82) is 5.26 Å². The Balaban J connectivity index is 2.35. The van der Waals surface area contributed by atoms with Crippen molar-refractivity contribution in [2.24, 2.45) is 0 Å². The zero-order valence-electron chi connectivity index (χ0n) is 10.1. The minimum Gasteiger partial charge on any atom is -0.357 e. The highest BCUT2D eigenvalue weighted by Crippen LogP contribution is 2.30. The summed E-state index contributed by atoms with van der Waals surface area (Å²) < 4.78 is 0.856. The first-order valence-corrected chi connectivity index (χ1v) is 6.70. The number of carbonyl (C=O) groups is 1. The molecule has 1 aromatic carbocycles. The van der Waals surface area contributed by atoms with Crippen molar-refractivity contribution in [3.63, 3.8) is 0 Å². The number of benzene rings is 1. The molecular formula is C13H14BrN3O. The van der Waals surface area contributed by atoms with E-state index < -0.39 is 0 Å². The maximum Gasteiger partial charge on any atom is 0.242 e. The number of rotatable bonds is 2. The van der Waals surface area contributed by atoms with Crippen LogP contribution in [0.15, 0.2) is 22.7 Å². The van der Waals surface area contributed by atoms with Crippen molar-refractivity contribution >= 4 is 27.5 Å². The third-order valence-corrected chi connectivity index (χ3v) is 3.74. The van der Waals surface area contributed by atoms with E-state index in [0.717, 1.165) is 23.1 Å². The van der Waals surface area contributed by atoms with Crippen molar-refractivity contribution in [3.05, 3.63) is 28.2 Å². The lowest BCUT2D eigenvalue weighted by molar-refractivity contribution is -0.123. The second kappa shape index (κ2) is 5.40. The molecule has 5 heteroatoms. The minimum atomic E-state index is -0.136. The summed E-state index contributed by atoms with van der Waals surface area (Å²) in [4.78, 5) is 13.9. The fourth-order valence-electron chi connectivity index (χ4n) is 2.22. The van der Waals surface area contributed by atoms with Gasteiger partial charge >= 0.3 is 0 Å². The summed E-state index contributed by atoms with van der Waals surface area (Å²) in [7, 11) is 0. The van der Waals surface area contributed by atoms with Gasteiger partial charge < -0.3 is 10.2 Å². The Kier molecular flexibility index (Phi) is 3.87. The fourth-order valence-corrected chi connectivity index (χ4v) is 2.82. The molecule has 1 amide bonds. The number of anilines is 1. The highest BCUT2D eigenvalue weighted by atomic mass is 79.9. The van der Waals surface area contributed by atoms with Gasteiger partial charge in [-0.1, -0.05) is 6.92 Å². The molecule has 1 heterocycles. The molecule has 0 aromatic heterocycles. The van der Waals surface area contributed by atoms with Crippen molar-refractivity contribution in [2.45, 2.75) is 19.4 Å². The minimum absolute atomic E-state index is 0.0695. The molecule has 1 aliphatic rings. The Labute approximate surface area is 115 Å². The number of carbonyl (C=O) groups excluding carboxylic acids is 1. The van der Waals surface area contributed by atoms with Crippen LogP contribution >= 0.6 is 15.9 Å². The van der Waals surface area contributed by atoms with Crippen LogP contribution in [0.2, 0.25) is 0 Å². The average molecular weight is 308 g/mol. The maximum atomic E-state index is 11.8. The zero-order valence-corrected chi connectivity index (χ0v) is 11.7. The standard InChI is InChI=1S/C13H14BrN3O/c1-2-11-13(18)16-5-6-17(11)12-4-3-9(8-15)7-10(12)14/h3-4,7,11H,2,5-6H2,1H3,(H,16,18). The number of amides is 1. The van der Waals surface area contributed by atoms with Gasteiger partial charge in [0, 0.05) is 17.6 Å². The van der Waals surface area contributed by atoms with Crippen molar-refractivity contribution in [2.75, 3.05) is 18.0 Å². The average Bonchev–Trinajstić information content (AvgIpc) is 2.38. The van der Waals surface area contributed by atoms with Crippen LogP contribution in [0.25, 0.3) is 0 Å². The molecule has 0 radical (unpaired) electrons. The van der Waals surface area contributed by atoms with E-state index >= 15 is 0 Å². The summed E-state index contributed by atoms with van der Waals surface area (Å²) in [5.74, 6) is 0.0695. The van der Waals surface area contributed by atoms with E-state index in [1.54, 1.807) is 12.1 Å². The van der Waals surface area contributed by atoms with Crippen LogP contribution in [-0.4, -0.2) is 25.0 Å². The first-order chi connectivity index (χ1) is 8.67. The molecule has 4 nitrogen and oxygen atoms in total. The Morgan fingerprint density at radius 1 is 1.61 bits per heavy atom. The third-order valence-electron chi connectivity index (χ3n) is 3.10. The second-order valence-electron chi connectivity index (χ2n) is 4.19. The number of nitrogens with zero attached hydrogens (tertiary/aromatic N) is 2. The highest BCUT2D eigenvalue weighted by Gasteiger charge is 2.29. The van der Waals surface area contributed by atoms with Crippen LogP contribution in [0.4, 0.5) is 5.69 Å². The predicted octanol–water partition coefficient (Wildman–Crippen LogP) is 2.04. The molecule has 0 spiro atoms. The number of nitrogens with one attached hydrogen (secondary N) is 1. The van der Waals surface area contributed by atoms with Crippen LogP contribution in [0.3, 0.4) is 0 Å². The van der Waals surface area contributed by atoms with Gasteiger partial charge in [-0.25, -0.2) is 0 Å². The van der Waals surface area contributed by atoms with Gasteiger partial charge in [0.25, 0.3) is 0 Å². The summed E-state index contributed by atoms with van der Waals surface area (Å²) in [6, 6.07) is 7.42. The third kappa shape index (κ3) is 2.34. The van der Waals surface area contributed by atoms with Gasteiger partial charge in [0.1, 0.15) is 6.04 Å². The molecule has 1 aromatic rings. The van der Waals surface area contributed by atoms with Crippen LogP contribution in [0.5, 0.6) is 0 Å². The number of nitriles is 1.